The Morgan fingerprint density at radius 3 is 2.79 bits per heavy atom. The standard InChI is InChI=1S/C10H11ClN2O/c1-10(2,14)8-3-6(11)4-9-7(8)5-12-13-9/h3-5,14H,1-2H3,(H,12,13). The largest absolute Gasteiger partial charge is 0.386 e. The monoisotopic (exact) mass is 210 g/mol. The molecule has 4 heteroatoms. The lowest BCUT2D eigenvalue weighted by molar-refractivity contribution is 0.0802. The molecule has 1 heterocycles. The summed E-state index contributed by atoms with van der Waals surface area (Å²) in [5.41, 5.74) is 0.718. The average Bonchev–Trinajstić information content (AvgIpc) is 2.47. The maximum atomic E-state index is 9.93. The van der Waals surface area contributed by atoms with Crippen molar-refractivity contribution < 1.29 is 5.11 Å². The van der Waals surface area contributed by atoms with Gasteiger partial charge in [-0.3, -0.25) is 5.10 Å². The summed E-state index contributed by atoms with van der Waals surface area (Å²) >= 11 is 5.93. The van der Waals surface area contributed by atoms with E-state index in [9.17, 15) is 5.11 Å². The molecule has 0 unspecified atom stereocenters. The van der Waals surface area contributed by atoms with Crippen LogP contribution in [0.3, 0.4) is 0 Å². The lowest BCUT2D eigenvalue weighted by Gasteiger charge is -2.18. The molecule has 0 aliphatic heterocycles. The first-order valence-corrected chi connectivity index (χ1v) is 4.72. The molecule has 0 bridgehead atoms. The number of fused-ring (bicyclic) bond motifs is 1. The topological polar surface area (TPSA) is 48.9 Å². The van der Waals surface area contributed by atoms with Crippen LogP contribution in [0.5, 0.6) is 0 Å². The first-order chi connectivity index (χ1) is 6.48. The minimum Gasteiger partial charge on any atom is -0.386 e. The number of nitrogens with one attached hydrogen (secondary N) is 1. The molecule has 1 aromatic carbocycles. The second-order valence-corrected chi connectivity index (χ2v) is 4.28. The Labute approximate surface area is 86.7 Å². The Morgan fingerprint density at radius 1 is 1.43 bits per heavy atom. The zero-order valence-electron chi connectivity index (χ0n) is 8.00. The van der Waals surface area contributed by atoms with Gasteiger partial charge in [0, 0.05) is 10.4 Å². The zero-order valence-corrected chi connectivity index (χ0v) is 8.76. The van der Waals surface area contributed by atoms with Gasteiger partial charge in [-0.1, -0.05) is 11.6 Å². The molecule has 0 atom stereocenters. The fourth-order valence-corrected chi connectivity index (χ4v) is 1.74. The van der Waals surface area contributed by atoms with Crippen LogP contribution in [0.25, 0.3) is 10.9 Å². The van der Waals surface area contributed by atoms with Gasteiger partial charge in [0.05, 0.1) is 17.3 Å². The van der Waals surface area contributed by atoms with Gasteiger partial charge in [0.25, 0.3) is 0 Å². The Morgan fingerprint density at radius 2 is 2.14 bits per heavy atom. The summed E-state index contributed by atoms with van der Waals surface area (Å²) in [7, 11) is 0. The smallest absolute Gasteiger partial charge is 0.0848 e. The van der Waals surface area contributed by atoms with E-state index in [0.717, 1.165) is 16.5 Å². The summed E-state index contributed by atoms with van der Waals surface area (Å²) in [5.74, 6) is 0. The van der Waals surface area contributed by atoms with E-state index in [-0.39, 0.29) is 0 Å². The molecule has 0 fully saturated rings. The highest BCUT2D eigenvalue weighted by Gasteiger charge is 2.20. The van der Waals surface area contributed by atoms with Gasteiger partial charge in [-0.2, -0.15) is 5.10 Å². The van der Waals surface area contributed by atoms with Crippen molar-refractivity contribution >= 4 is 22.5 Å². The Hall–Kier alpha value is -1.06. The van der Waals surface area contributed by atoms with Crippen LogP contribution in [-0.4, -0.2) is 15.3 Å². The van der Waals surface area contributed by atoms with Crippen LogP contribution in [0.2, 0.25) is 5.02 Å². The van der Waals surface area contributed by atoms with E-state index in [2.05, 4.69) is 10.2 Å². The zero-order chi connectivity index (χ0) is 10.3. The van der Waals surface area contributed by atoms with Crippen molar-refractivity contribution in [3.8, 4) is 0 Å². The maximum Gasteiger partial charge on any atom is 0.0848 e. The van der Waals surface area contributed by atoms with Gasteiger partial charge >= 0.3 is 0 Å². The number of aromatic amines is 1. The van der Waals surface area contributed by atoms with Crippen molar-refractivity contribution in [3.05, 3.63) is 28.9 Å². The molecule has 0 saturated carbocycles. The molecule has 0 aliphatic carbocycles. The van der Waals surface area contributed by atoms with Crippen molar-refractivity contribution in [2.45, 2.75) is 19.4 Å². The summed E-state index contributed by atoms with van der Waals surface area (Å²) < 4.78 is 0. The number of halogens is 1. The summed E-state index contributed by atoms with van der Waals surface area (Å²) in [5, 5.41) is 18.2. The third-order valence-corrected chi connectivity index (χ3v) is 2.40. The number of H-pyrrole nitrogens is 1. The number of aliphatic hydroxyl groups is 1. The third kappa shape index (κ3) is 1.49. The van der Waals surface area contributed by atoms with E-state index in [1.807, 2.05) is 0 Å². The molecule has 14 heavy (non-hydrogen) atoms. The first-order valence-electron chi connectivity index (χ1n) is 4.34. The number of hydrogen-bond acceptors (Lipinski definition) is 2. The van der Waals surface area contributed by atoms with Crippen LogP contribution in [0, 0.1) is 0 Å². The molecular formula is C10H11ClN2O. The third-order valence-electron chi connectivity index (χ3n) is 2.18. The lowest BCUT2D eigenvalue weighted by atomic mass is 9.95. The van der Waals surface area contributed by atoms with Crippen LogP contribution in [0.1, 0.15) is 19.4 Å². The van der Waals surface area contributed by atoms with Gasteiger partial charge in [-0.05, 0) is 31.5 Å². The summed E-state index contributed by atoms with van der Waals surface area (Å²) in [6, 6.07) is 3.55. The number of nitrogens with zero attached hydrogens (tertiary/aromatic N) is 1. The van der Waals surface area contributed by atoms with E-state index in [1.54, 1.807) is 32.2 Å². The van der Waals surface area contributed by atoms with Gasteiger partial charge in [0.1, 0.15) is 0 Å². The minimum atomic E-state index is -0.910. The second kappa shape index (κ2) is 2.97. The number of aromatic nitrogens is 2. The summed E-state index contributed by atoms with van der Waals surface area (Å²) in [6.45, 7) is 3.45. The molecule has 2 N–H and O–H groups in total. The average molecular weight is 211 g/mol. The molecule has 0 radical (unpaired) electrons. The van der Waals surface area contributed by atoms with Crippen LogP contribution >= 0.6 is 11.6 Å². The van der Waals surface area contributed by atoms with Gasteiger partial charge in [-0.25, -0.2) is 0 Å². The molecule has 3 nitrogen and oxygen atoms in total. The second-order valence-electron chi connectivity index (χ2n) is 3.84. The summed E-state index contributed by atoms with van der Waals surface area (Å²) in [4.78, 5) is 0. The molecule has 0 amide bonds. The molecule has 0 saturated heterocycles. The number of benzene rings is 1. The Balaban J connectivity index is 2.80. The first kappa shape index (κ1) is 9.49. The SMILES string of the molecule is CC(C)(O)c1cc(Cl)cc2[nH]ncc12. The Bertz CT molecular complexity index is 470. The predicted octanol–water partition coefficient (Wildman–Crippen LogP) is 2.44. The number of hydrogen-bond donors (Lipinski definition) is 2. The molecule has 74 valence electrons. The highest BCUT2D eigenvalue weighted by Crippen LogP contribution is 2.30. The van der Waals surface area contributed by atoms with Gasteiger partial charge in [0.2, 0.25) is 0 Å². The van der Waals surface area contributed by atoms with Gasteiger partial charge in [-0.15, -0.1) is 0 Å². The van der Waals surface area contributed by atoms with Crippen molar-refractivity contribution in [2.75, 3.05) is 0 Å². The molecule has 2 rings (SSSR count). The van der Waals surface area contributed by atoms with E-state index in [0.29, 0.717) is 5.02 Å². The van der Waals surface area contributed by atoms with E-state index in [4.69, 9.17) is 11.6 Å². The van der Waals surface area contributed by atoms with Crippen molar-refractivity contribution in [1.82, 2.24) is 10.2 Å². The Kier molecular flexibility index (Phi) is 2.01. The van der Waals surface area contributed by atoms with Crippen molar-refractivity contribution in [3.63, 3.8) is 0 Å². The fourth-order valence-electron chi connectivity index (χ4n) is 1.52. The fraction of sp³-hybridized carbons (Fsp3) is 0.300. The van der Waals surface area contributed by atoms with Crippen LogP contribution in [-0.2, 0) is 5.60 Å². The highest BCUT2D eigenvalue weighted by molar-refractivity contribution is 6.31. The molecular weight excluding hydrogens is 200 g/mol. The van der Waals surface area contributed by atoms with E-state index >= 15 is 0 Å². The van der Waals surface area contributed by atoms with Crippen LogP contribution in [0.4, 0.5) is 0 Å². The molecule has 0 aliphatic rings. The minimum absolute atomic E-state index is 0.596. The van der Waals surface area contributed by atoms with E-state index in [1.165, 1.54) is 0 Å². The van der Waals surface area contributed by atoms with Gasteiger partial charge < -0.3 is 5.11 Å². The lowest BCUT2D eigenvalue weighted by Crippen LogP contribution is -2.15. The summed E-state index contributed by atoms with van der Waals surface area (Å²) in [6.07, 6.45) is 1.69. The van der Waals surface area contributed by atoms with Crippen LogP contribution < -0.4 is 0 Å². The maximum absolute atomic E-state index is 9.93. The normalized spacial score (nSPS) is 12.3. The highest BCUT2D eigenvalue weighted by atomic mass is 35.5. The van der Waals surface area contributed by atoms with Crippen molar-refractivity contribution in [1.29, 1.82) is 0 Å². The molecule has 2 aromatic rings. The quantitative estimate of drug-likeness (QED) is 0.760. The predicted molar refractivity (Wildman–Crippen MR) is 56.3 cm³/mol. The number of rotatable bonds is 1. The molecule has 1 aromatic heterocycles. The van der Waals surface area contributed by atoms with Gasteiger partial charge in [0.15, 0.2) is 0 Å². The van der Waals surface area contributed by atoms with Crippen molar-refractivity contribution in [2.24, 2.45) is 0 Å². The molecule has 0 spiro atoms. The van der Waals surface area contributed by atoms with Crippen LogP contribution in [0.15, 0.2) is 18.3 Å². The van der Waals surface area contributed by atoms with E-state index < -0.39 is 5.60 Å².